The normalized spacial score (nSPS) is 12.7. The number of aromatic nitrogens is 3. The van der Waals surface area contributed by atoms with Gasteiger partial charge in [0.1, 0.15) is 6.33 Å². The Morgan fingerprint density at radius 2 is 2.00 bits per heavy atom. The summed E-state index contributed by atoms with van der Waals surface area (Å²) >= 11 is 1.28. The highest BCUT2D eigenvalue weighted by atomic mass is 32.2. The molecule has 0 aromatic carbocycles. The fraction of sp³-hybridized carbons (Fsp3) is 0.636. The van der Waals surface area contributed by atoms with Crippen LogP contribution in [-0.4, -0.2) is 32.0 Å². The molecule has 1 heterocycles. The van der Waals surface area contributed by atoms with Crippen molar-refractivity contribution in [1.29, 1.82) is 0 Å². The minimum absolute atomic E-state index is 0.0293. The fourth-order valence-electron chi connectivity index (χ4n) is 1.47. The van der Waals surface area contributed by atoms with Crippen LogP contribution in [0, 0.1) is 5.92 Å². The van der Waals surface area contributed by atoms with Crippen molar-refractivity contribution in [2.75, 3.05) is 0 Å². The van der Waals surface area contributed by atoms with Crippen LogP contribution in [0.2, 0.25) is 0 Å². The van der Waals surface area contributed by atoms with E-state index in [0.29, 0.717) is 5.16 Å². The summed E-state index contributed by atoms with van der Waals surface area (Å²) < 4.78 is 1.87. The van der Waals surface area contributed by atoms with Gasteiger partial charge in [0.05, 0.1) is 5.25 Å². The molecule has 0 aliphatic heterocycles. The molecule has 0 fully saturated rings. The van der Waals surface area contributed by atoms with Gasteiger partial charge in [-0.3, -0.25) is 10.1 Å². The van der Waals surface area contributed by atoms with Gasteiger partial charge in [-0.05, 0) is 19.8 Å². The lowest BCUT2D eigenvalue weighted by Gasteiger charge is -2.19. The Kier molecular flexibility index (Phi) is 5.34. The van der Waals surface area contributed by atoms with Crippen LogP contribution in [0.3, 0.4) is 0 Å². The van der Waals surface area contributed by atoms with Gasteiger partial charge in [0.25, 0.3) is 0 Å². The maximum atomic E-state index is 11.9. The van der Waals surface area contributed by atoms with Crippen LogP contribution in [0.4, 0.5) is 4.79 Å². The van der Waals surface area contributed by atoms with E-state index in [1.54, 1.807) is 6.33 Å². The number of primary amides is 1. The first kappa shape index (κ1) is 15.5. The van der Waals surface area contributed by atoms with Gasteiger partial charge in [-0.1, -0.05) is 25.6 Å². The molecule has 8 heteroatoms. The molecule has 0 saturated heterocycles. The lowest BCUT2D eigenvalue weighted by molar-refractivity contribution is -0.120. The van der Waals surface area contributed by atoms with Crippen molar-refractivity contribution in [1.82, 2.24) is 20.1 Å². The quantitative estimate of drug-likeness (QED) is 0.790. The number of hydrogen-bond acceptors (Lipinski definition) is 5. The average molecular weight is 285 g/mol. The summed E-state index contributed by atoms with van der Waals surface area (Å²) in [5, 5.41) is 10.1. The minimum Gasteiger partial charge on any atom is -0.351 e. The van der Waals surface area contributed by atoms with Gasteiger partial charge in [0, 0.05) is 6.04 Å². The second-order valence-corrected chi connectivity index (χ2v) is 5.86. The first-order valence-corrected chi connectivity index (χ1v) is 6.87. The summed E-state index contributed by atoms with van der Waals surface area (Å²) in [6.07, 6.45) is 1.62. The number of carbonyl (C=O) groups excluding carboxylic acids is 2. The Morgan fingerprint density at radius 1 is 1.37 bits per heavy atom. The van der Waals surface area contributed by atoms with Crippen LogP contribution in [0.15, 0.2) is 11.5 Å². The van der Waals surface area contributed by atoms with Crippen LogP contribution in [0.1, 0.15) is 33.7 Å². The SMILES string of the molecule is CC(C)[C@H](Sc1nncn1C(C)C)C(=O)NC(N)=O. The lowest BCUT2D eigenvalue weighted by atomic mass is 10.1. The summed E-state index contributed by atoms with van der Waals surface area (Å²) in [6.45, 7) is 7.80. The maximum absolute atomic E-state index is 11.9. The summed E-state index contributed by atoms with van der Waals surface area (Å²) in [5.41, 5.74) is 4.97. The zero-order valence-electron chi connectivity index (χ0n) is 11.5. The molecular weight excluding hydrogens is 266 g/mol. The number of nitrogens with one attached hydrogen (secondary N) is 1. The van der Waals surface area contributed by atoms with Crippen molar-refractivity contribution >= 4 is 23.7 Å². The molecule has 1 rings (SSSR count). The highest BCUT2D eigenvalue weighted by molar-refractivity contribution is 8.00. The molecular formula is C11H19N5O2S. The highest BCUT2D eigenvalue weighted by Gasteiger charge is 2.26. The molecule has 1 aromatic rings. The van der Waals surface area contributed by atoms with Gasteiger partial charge in [0.15, 0.2) is 5.16 Å². The molecule has 0 aliphatic carbocycles. The maximum Gasteiger partial charge on any atom is 0.318 e. The Balaban J connectivity index is 2.87. The zero-order valence-corrected chi connectivity index (χ0v) is 12.3. The fourth-order valence-corrected chi connectivity index (χ4v) is 2.61. The second-order valence-electron chi connectivity index (χ2n) is 4.75. The van der Waals surface area contributed by atoms with Crippen molar-refractivity contribution in [2.24, 2.45) is 11.7 Å². The number of nitrogens with zero attached hydrogens (tertiary/aromatic N) is 3. The number of thioether (sulfide) groups is 1. The number of carbonyl (C=O) groups is 2. The summed E-state index contributed by atoms with van der Waals surface area (Å²) in [4.78, 5) is 22.7. The van der Waals surface area contributed by atoms with Gasteiger partial charge < -0.3 is 10.3 Å². The molecule has 0 radical (unpaired) electrons. The molecule has 1 aromatic heterocycles. The van der Waals surface area contributed by atoms with E-state index in [1.807, 2.05) is 32.3 Å². The third kappa shape index (κ3) is 4.23. The molecule has 19 heavy (non-hydrogen) atoms. The van der Waals surface area contributed by atoms with Crippen molar-refractivity contribution in [3.05, 3.63) is 6.33 Å². The summed E-state index contributed by atoms with van der Waals surface area (Å²) in [7, 11) is 0. The van der Waals surface area contributed by atoms with Crippen molar-refractivity contribution in [3.8, 4) is 0 Å². The van der Waals surface area contributed by atoms with Crippen LogP contribution in [-0.2, 0) is 4.79 Å². The Morgan fingerprint density at radius 3 is 2.47 bits per heavy atom. The van der Waals surface area contributed by atoms with Crippen molar-refractivity contribution < 1.29 is 9.59 Å². The van der Waals surface area contributed by atoms with Crippen molar-refractivity contribution in [3.63, 3.8) is 0 Å². The highest BCUT2D eigenvalue weighted by Crippen LogP contribution is 2.28. The van der Waals surface area contributed by atoms with Gasteiger partial charge in [-0.2, -0.15) is 0 Å². The van der Waals surface area contributed by atoms with E-state index < -0.39 is 17.2 Å². The molecule has 3 N–H and O–H groups in total. The predicted molar refractivity (Wildman–Crippen MR) is 72.6 cm³/mol. The van der Waals surface area contributed by atoms with Gasteiger partial charge >= 0.3 is 6.03 Å². The molecule has 3 amide bonds. The van der Waals surface area contributed by atoms with Crippen LogP contribution in [0.25, 0.3) is 0 Å². The smallest absolute Gasteiger partial charge is 0.318 e. The molecule has 0 bridgehead atoms. The molecule has 0 aliphatic rings. The van der Waals surface area contributed by atoms with Gasteiger partial charge in [-0.25, -0.2) is 4.79 Å². The predicted octanol–water partition coefficient (Wildman–Crippen LogP) is 1.17. The van der Waals surface area contributed by atoms with Crippen LogP contribution < -0.4 is 11.1 Å². The monoisotopic (exact) mass is 285 g/mol. The first-order valence-electron chi connectivity index (χ1n) is 5.99. The number of amides is 3. The lowest BCUT2D eigenvalue weighted by Crippen LogP contribution is -2.42. The van der Waals surface area contributed by atoms with E-state index in [-0.39, 0.29) is 12.0 Å². The Bertz CT molecular complexity index is 458. The van der Waals surface area contributed by atoms with E-state index in [2.05, 4.69) is 15.5 Å². The molecule has 106 valence electrons. The van der Waals surface area contributed by atoms with E-state index >= 15 is 0 Å². The Hall–Kier alpha value is -1.57. The third-order valence-electron chi connectivity index (χ3n) is 2.44. The summed E-state index contributed by atoms with van der Waals surface area (Å²) in [6, 6.07) is -0.647. The van der Waals surface area contributed by atoms with Gasteiger partial charge in [0.2, 0.25) is 5.91 Å². The third-order valence-corrected chi connectivity index (χ3v) is 3.95. The van der Waals surface area contributed by atoms with Crippen LogP contribution in [0.5, 0.6) is 0 Å². The largest absolute Gasteiger partial charge is 0.351 e. The standard InChI is InChI=1S/C11H19N5O2S/c1-6(2)8(9(17)14-10(12)18)19-11-15-13-5-16(11)7(3)4/h5-8H,1-4H3,(H3,12,14,17,18)/t8-/m0/s1. The average Bonchev–Trinajstić information content (AvgIpc) is 2.72. The molecule has 1 atom stereocenters. The zero-order chi connectivity index (χ0) is 14.6. The number of nitrogens with two attached hydrogens (primary N) is 1. The van der Waals surface area contributed by atoms with E-state index in [4.69, 9.17) is 5.73 Å². The molecule has 0 saturated carbocycles. The van der Waals surface area contributed by atoms with E-state index in [9.17, 15) is 9.59 Å². The molecule has 0 unspecified atom stereocenters. The minimum atomic E-state index is -0.846. The second kappa shape index (κ2) is 6.55. The number of urea groups is 1. The summed E-state index contributed by atoms with van der Waals surface area (Å²) in [5.74, 6) is -0.382. The first-order chi connectivity index (χ1) is 8.82. The van der Waals surface area contributed by atoms with Crippen LogP contribution >= 0.6 is 11.8 Å². The van der Waals surface area contributed by atoms with E-state index in [0.717, 1.165) is 0 Å². The number of imide groups is 1. The van der Waals surface area contributed by atoms with Crippen molar-refractivity contribution in [2.45, 2.75) is 44.1 Å². The topological polar surface area (TPSA) is 103 Å². The number of rotatable bonds is 5. The van der Waals surface area contributed by atoms with Gasteiger partial charge in [-0.15, -0.1) is 10.2 Å². The molecule has 0 spiro atoms. The van der Waals surface area contributed by atoms with E-state index in [1.165, 1.54) is 11.8 Å². The number of hydrogen-bond donors (Lipinski definition) is 2. The Labute approximate surface area is 116 Å². The molecule has 7 nitrogen and oxygen atoms in total.